The Morgan fingerprint density at radius 3 is 2.74 bits per heavy atom. The fraction of sp³-hybridized carbons (Fsp3) is 0.462. The average molecular weight is 271 g/mol. The SMILES string of the molecule is CC1(CNC(=O)c2ccccc2OC(F)F)COC1. The third-order valence-electron chi connectivity index (χ3n) is 2.92. The zero-order chi connectivity index (χ0) is 13.9. The average Bonchev–Trinajstić information content (AvgIpc) is 2.33. The first-order chi connectivity index (χ1) is 9.00. The Labute approximate surface area is 109 Å². The largest absolute Gasteiger partial charge is 0.434 e. The number of hydrogen-bond donors (Lipinski definition) is 1. The minimum atomic E-state index is -2.95. The quantitative estimate of drug-likeness (QED) is 0.891. The van der Waals surface area contributed by atoms with Crippen LogP contribution in [-0.2, 0) is 4.74 Å². The first-order valence-electron chi connectivity index (χ1n) is 5.90. The maximum Gasteiger partial charge on any atom is 0.387 e. The number of hydrogen-bond acceptors (Lipinski definition) is 3. The molecule has 1 fully saturated rings. The van der Waals surface area contributed by atoms with Crippen LogP contribution in [0.5, 0.6) is 5.75 Å². The summed E-state index contributed by atoms with van der Waals surface area (Å²) < 4.78 is 33.9. The molecule has 1 amide bonds. The van der Waals surface area contributed by atoms with Gasteiger partial charge in [-0.2, -0.15) is 8.78 Å². The van der Waals surface area contributed by atoms with Gasteiger partial charge in [-0.3, -0.25) is 4.79 Å². The molecule has 2 rings (SSSR count). The Balaban J connectivity index is 2.01. The molecule has 0 saturated carbocycles. The zero-order valence-electron chi connectivity index (χ0n) is 10.5. The van der Waals surface area contributed by atoms with E-state index in [0.29, 0.717) is 19.8 Å². The first kappa shape index (κ1) is 13.7. The monoisotopic (exact) mass is 271 g/mol. The summed E-state index contributed by atoms with van der Waals surface area (Å²) in [5, 5.41) is 2.71. The molecule has 6 heteroatoms. The van der Waals surface area contributed by atoms with Crippen molar-refractivity contribution in [3.05, 3.63) is 29.8 Å². The molecular formula is C13H15F2NO3. The molecule has 0 unspecified atom stereocenters. The molecule has 1 heterocycles. The number of benzene rings is 1. The third-order valence-corrected chi connectivity index (χ3v) is 2.92. The van der Waals surface area contributed by atoms with E-state index in [1.807, 2.05) is 6.92 Å². The van der Waals surface area contributed by atoms with Gasteiger partial charge in [-0.25, -0.2) is 0 Å². The maximum absolute atomic E-state index is 12.2. The maximum atomic E-state index is 12.2. The highest BCUT2D eigenvalue weighted by atomic mass is 19.3. The van der Waals surface area contributed by atoms with Crippen molar-refractivity contribution in [1.82, 2.24) is 5.32 Å². The smallest absolute Gasteiger partial charge is 0.387 e. The molecule has 0 aliphatic carbocycles. The van der Waals surface area contributed by atoms with Crippen molar-refractivity contribution in [1.29, 1.82) is 0 Å². The summed E-state index contributed by atoms with van der Waals surface area (Å²) in [5.41, 5.74) is 0.0281. The van der Waals surface area contributed by atoms with E-state index >= 15 is 0 Å². The molecule has 1 aliphatic rings. The summed E-state index contributed by atoms with van der Waals surface area (Å²) in [6.45, 7) is 0.643. The number of nitrogens with one attached hydrogen (secondary N) is 1. The van der Waals surface area contributed by atoms with E-state index < -0.39 is 12.5 Å². The van der Waals surface area contributed by atoms with E-state index in [-0.39, 0.29) is 16.7 Å². The minimum Gasteiger partial charge on any atom is -0.434 e. The Kier molecular flexibility index (Phi) is 3.99. The number of para-hydroxylation sites is 1. The number of alkyl halides is 2. The molecule has 0 atom stereocenters. The Bertz CT molecular complexity index is 461. The zero-order valence-corrected chi connectivity index (χ0v) is 10.5. The summed E-state index contributed by atoms with van der Waals surface area (Å²) in [5.74, 6) is -0.547. The van der Waals surface area contributed by atoms with Crippen LogP contribution in [0, 0.1) is 5.41 Å². The lowest BCUT2D eigenvalue weighted by Gasteiger charge is -2.38. The minimum absolute atomic E-state index is 0.0752. The van der Waals surface area contributed by atoms with Crippen molar-refractivity contribution in [3.8, 4) is 5.75 Å². The molecule has 4 nitrogen and oxygen atoms in total. The van der Waals surface area contributed by atoms with Gasteiger partial charge in [0.15, 0.2) is 0 Å². The molecule has 1 aromatic rings. The third kappa shape index (κ3) is 3.41. The highest BCUT2D eigenvalue weighted by molar-refractivity contribution is 5.96. The Hall–Kier alpha value is -1.69. The van der Waals surface area contributed by atoms with Crippen LogP contribution in [-0.4, -0.2) is 32.3 Å². The van der Waals surface area contributed by atoms with Gasteiger partial charge in [0.25, 0.3) is 5.91 Å². The number of halogens is 2. The van der Waals surface area contributed by atoms with Crippen LogP contribution in [0.25, 0.3) is 0 Å². The predicted octanol–water partition coefficient (Wildman–Crippen LogP) is 2.05. The highest BCUT2D eigenvalue weighted by Gasteiger charge is 2.33. The number of carbonyl (C=O) groups is 1. The molecule has 19 heavy (non-hydrogen) atoms. The highest BCUT2D eigenvalue weighted by Crippen LogP contribution is 2.26. The Morgan fingerprint density at radius 1 is 1.47 bits per heavy atom. The first-order valence-corrected chi connectivity index (χ1v) is 5.90. The van der Waals surface area contributed by atoms with Crippen molar-refractivity contribution in [2.75, 3.05) is 19.8 Å². The van der Waals surface area contributed by atoms with Gasteiger partial charge in [0.1, 0.15) is 5.75 Å². The van der Waals surface area contributed by atoms with Gasteiger partial charge in [0.2, 0.25) is 0 Å². The lowest BCUT2D eigenvalue weighted by molar-refractivity contribution is -0.0978. The van der Waals surface area contributed by atoms with E-state index in [4.69, 9.17) is 4.74 Å². The standard InChI is InChI=1S/C13H15F2NO3/c1-13(7-18-8-13)6-16-11(17)9-4-2-3-5-10(9)19-12(14)15/h2-5,12H,6-8H2,1H3,(H,16,17). The number of ether oxygens (including phenoxy) is 2. The van der Waals surface area contributed by atoms with Crippen LogP contribution in [0.3, 0.4) is 0 Å². The van der Waals surface area contributed by atoms with Gasteiger partial charge in [-0.05, 0) is 12.1 Å². The molecule has 0 aromatic heterocycles. The molecule has 1 aliphatic heterocycles. The predicted molar refractivity (Wildman–Crippen MR) is 64.3 cm³/mol. The summed E-state index contributed by atoms with van der Waals surface area (Å²) in [7, 11) is 0. The van der Waals surface area contributed by atoms with Gasteiger partial charge < -0.3 is 14.8 Å². The molecule has 1 aromatic carbocycles. The van der Waals surface area contributed by atoms with Crippen molar-refractivity contribution in [2.45, 2.75) is 13.5 Å². The van der Waals surface area contributed by atoms with Gasteiger partial charge in [0.05, 0.1) is 18.8 Å². The normalized spacial score (nSPS) is 16.8. The van der Waals surface area contributed by atoms with Crippen molar-refractivity contribution < 1.29 is 23.0 Å². The lowest BCUT2D eigenvalue weighted by Crippen LogP contribution is -2.48. The Morgan fingerprint density at radius 2 is 2.16 bits per heavy atom. The second kappa shape index (κ2) is 5.52. The van der Waals surface area contributed by atoms with Crippen LogP contribution in [0.4, 0.5) is 8.78 Å². The van der Waals surface area contributed by atoms with E-state index in [2.05, 4.69) is 10.1 Å². The molecule has 104 valence electrons. The van der Waals surface area contributed by atoms with Crippen LogP contribution in [0.2, 0.25) is 0 Å². The van der Waals surface area contributed by atoms with Crippen molar-refractivity contribution >= 4 is 5.91 Å². The molecule has 0 bridgehead atoms. The van der Waals surface area contributed by atoms with Gasteiger partial charge in [0, 0.05) is 12.0 Å². The summed E-state index contributed by atoms with van der Waals surface area (Å²) in [4.78, 5) is 12.0. The topological polar surface area (TPSA) is 47.6 Å². The van der Waals surface area contributed by atoms with Crippen LogP contribution in [0.15, 0.2) is 24.3 Å². The number of amides is 1. The second-order valence-corrected chi connectivity index (χ2v) is 4.86. The molecule has 1 N–H and O–H groups in total. The fourth-order valence-electron chi connectivity index (χ4n) is 1.79. The van der Waals surface area contributed by atoms with Gasteiger partial charge >= 0.3 is 6.61 Å². The molecule has 0 spiro atoms. The van der Waals surface area contributed by atoms with Gasteiger partial charge in [-0.15, -0.1) is 0 Å². The van der Waals surface area contributed by atoms with E-state index in [0.717, 1.165) is 0 Å². The van der Waals surface area contributed by atoms with E-state index in [9.17, 15) is 13.6 Å². The summed E-state index contributed by atoms with van der Waals surface area (Å²) in [6, 6.07) is 5.93. The molecule has 0 radical (unpaired) electrons. The summed E-state index contributed by atoms with van der Waals surface area (Å²) >= 11 is 0. The van der Waals surface area contributed by atoms with E-state index in [1.165, 1.54) is 18.2 Å². The molecular weight excluding hydrogens is 256 g/mol. The van der Waals surface area contributed by atoms with Crippen molar-refractivity contribution in [3.63, 3.8) is 0 Å². The number of carbonyl (C=O) groups excluding carboxylic acids is 1. The fourth-order valence-corrected chi connectivity index (χ4v) is 1.79. The second-order valence-electron chi connectivity index (χ2n) is 4.86. The lowest BCUT2D eigenvalue weighted by atomic mass is 9.88. The van der Waals surface area contributed by atoms with Crippen LogP contribution < -0.4 is 10.1 Å². The van der Waals surface area contributed by atoms with Crippen LogP contribution in [0.1, 0.15) is 17.3 Å². The summed E-state index contributed by atoms with van der Waals surface area (Å²) in [6.07, 6.45) is 0. The number of rotatable bonds is 5. The van der Waals surface area contributed by atoms with Crippen LogP contribution >= 0.6 is 0 Å². The van der Waals surface area contributed by atoms with Gasteiger partial charge in [-0.1, -0.05) is 19.1 Å². The van der Waals surface area contributed by atoms with E-state index in [1.54, 1.807) is 6.07 Å². The molecule has 1 saturated heterocycles. The van der Waals surface area contributed by atoms with Crippen molar-refractivity contribution in [2.24, 2.45) is 5.41 Å².